The predicted octanol–water partition coefficient (Wildman–Crippen LogP) is 2.92. The van der Waals surface area contributed by atoms with E-state index in [1.165, 1.54) is 25.7 Å². The number of hydrogen-bond acceptors (Lipinski definition) is 4. The van der Waals surface area contributed by atoms with Crippen molar-refractivity contribution < 1.29 is 9.47 Å². The van der Waals surface area contributed by atoms with Crippen LogP contribution in [0.15, 0.2) is 0 Å². The van der Waals surface area contributed by atoms with E-state index in [2.05, 4.69) is 37.9 Å². The minimum absolute atomic E-state index is 0.609. The van der Waals surface area contributed by atoms with Crippen molar-refractivity contribution in [3.8, 4) is 0 Å². The highest BCUT2D eigenvalue weighted by atomic mass is 16.5. The SMILES string of the molecule is CCOCCN(CCCCCCNC(C)C)CCOCC. The van der Waals surface area contributed by atoms with Gasteiger partial charge in [-0.1, -0.05) is 26.7 Å². The van der Waals surface area contributed by atoms with Crippen LogP contribution in [0.3, 0.4) is 0 Å². The van der Waals surface area contributed by atoms with Gasteiger partial charge < -0.3 is 14.8 Å². The van der Waals surface area contributed by atoms with Gasteiger partial charge in [-0.3, -0.25) is 4.90 Å². The van der Waals surface area contributed by atoms with Crippen molar-refractivity contribution in [2.45, 2.75) is 59.4 Å². The van der Waals surface area contributed by atoms with Gasteiger partial charge in [0.05, 0.1) is 13.2 Å². The summed E-state index contributed by atoms with van der Waals surface area (Å²) in [6.07, 6.45) is 5.21. The lowest BCUT2D eigenvalue weighted by Crippen LogP contribution is -2.32. The standard InChI is InChI=1S/C17H38N2O2/c1-5-20-15-13-19(14-16-21-6-2)12-10-8-7-9-11-18-17(3)4/h17-18H,5-16H2,1-4H3. The van der Waals surface area contributed by atoms with Crippen molar-refractivity contribution in [2.75, 3.05) is 52.6 Å². The molecule has 0 aliphatic rings. The van der Waals surface area contributed by atoms with Crippen LogP contribution in [0.1, 0.15) is 53.4 Å². The van der Waals surface area contributed by atoms with Crippen LogP contribution in [0.25, 0.3) is 0 Å². The monoisotopic (exact) mass is 302 g/mol. The van der Waals surface area contributed by atoms with Crippen molar-refractivity contribution >= 4 is 0 Å². The Balaban J connectivity index is 3.58. The Morgan fingerprint density at radius 1 is 0.810 bits per heavy atom. The Bertz CT molecular complexity index is 191. The molecule has 0 fully saturated rings. The van der Waals surface area contributed by atoms with Gasteiger partial charge in [0, 0.05) is 32.3 Å². The maximum absolute atomic E-state index is 5.46. The van der Waals surface area contributed by atoms with Crippen molar-refractivity contribution in [3.63, 3.8) is 0 Å². The Morgan fingerprint density at radius 3 is 1.90 bits per heavy atom. The van der Waals surface area contributed by atoms with E-state index in [1.54, 1.807) is 0 Å². The zero-order valence-corrected chi connectivity index (χ0v) is 14.8. The summed E-state index contributed by atoms with van der Waals surface area (Å²) in [5, 5.41) is 3.47. The molecule has 0 radical (unpaired) electrons. The molecular formula is C17H38N2O2. The summed E-state index contributed by atoms with van der Waals surface area (Å²) in [6, 6.07) is 0.609. The van der Waals surface area contributed by atoms with Gasteiger partial charge in [-0.15, -0.1) is 0 Å². The quantitative estimate of drug-likeness (QED) is 0.445. The van der Waals surface area contributed by atoms with Crippen molar-refractivity contribution in [3.05, 3.63) is 0 Å². The van der Waals surface area contributed by atoms with Crippen molar-refractivity contribution in [2.24, 2.45) is 0 Å². The van der Waals surface area contributed by atoms with Gasteiger partial charge in [-0.2, -0.15) is 0 Å². The number of nitrogens with zero attached hydrogens (tertiary/aromatic N) is 1. The van der Waals surface area contributed by atoms with Crippen LogP contribution in [-0.4, -0.2) is 63.5 Å². The Labute approximate surface area is 132 Å². The largest absolute Gasteiger partial charge is 0.380 e. The second-order valence-electron chi connectivity index (χ2n) is 5.76. The molecule has 0 aromatic carbocycles. The minimum atomic E-state index is 0.609. The van der Waals surface area contributed by atoms with Gasteiger partial charge in [0.25, 0.3) is 0 Å². The van der Waals surface area contributed by atoms with E-state index in [-0.39, 0.29) is 0 Å². The van der Waals surface area contributed by atoms with E-state index in [4.69, 9.17) is 9.47 Å². The molecule has 0 saturated carbocycles. The summed E-state index contributed by atoms with van der Waals surface area (Å²) >= 11 is 0. The first-order valence-electron chi connectivity index (χ1n) is 8.81. The highest BCUT2D eigenvalue weighted by molar-refractivity contribution is 4.59. The van der Waals surface area contributed by atoms with Crippen LogP contribution in [-0.2, 0) is 9.47 Å². The second kappa shape index (κ2) is 16.2. The van der Waals surface area contributed by atoms with E-state index in [1.807, 2.05) is 0 Å². The van der Waals surface area contributed by atoms with E-state index in [0.29, 0.717) is 6.04 Å². The Kier molecular flexibility index (Phi) is 16.1. The van der Waals surface area contributed by atoms with Crippen LogP contribution >= 0.6 is 0 Å². The molecule has 4 heteroatoms. The molecule has 0 aliphatic heterocycles. The molecule has 0 aromatic heterocycles. The number of ether oxygens (including phenoxy) is 2. The highest BCUT2D eigenvalue weighted by Gasteiger charge is 2.04. The molecule has 0 spiro atoms. The predicted molar refractivity (Wildman–Crippen MR) is 91.0 cm³/mol. The average molecular weight is 303 g/mol. The summed E-state index contributed by atoms with van der Waals surface area (Å²) < 4.78 is 10.9. The zero-order chi connectivity index (χ0) is 15.8. The van der Waals surface area contributed by atoms with Crippen LogP contribution in [0.4, 0.5) is 0 Å². The Morgan fingerprint density at radius 2 is 1.38 bits per heavy atom. The normalized spacial score (nSPS) is 11.7. The summed E-state index contributed by atoms with van der Waals surface area (Å²) in [7, 11) is 0. The van der Waals surface area contributed by atoms with Crippen LogP contribution in [0, 0.1) is 0 Å². The third kappa shape index (κ3) is 16.0. The zero-order valence-electron chi connectivity index (χ0n) is 14.8. The first kappa shape index (κ1) is 20.8. The van der Waals surface area contributed by atoms with Gasteiger partial charge in [0.1, 0.15) is 0 Å². The number of hydrogen-bond donors (Lipinski definition) is 1. The van der Waals surface area contributed by atoms with Crippen molar-refractivity contribution in [1.29, 1.82) is 0 Å². The number of rotatable bonds is 16. The minimum Gasteiger partial charge on any atom is -0.380 e. The van der Waals surface area contributed by atoms with E-state index < -0.39 is 0 Å². The highest BCUT2D eigenvalue weighted by Crippen LogP contribution is 2.02. The fraction of sp³-hybridized carbons (Fsp3) is 1.00. The smallest absolute Gasteiger partial charge is 0.0593 e. The third-order valence-electron chi connectivity index (χ3n) is 3.47. The average Bonchev–Trinajstić information content (AvgIpc) is 2.45. The Hall–Kier alpha value is -0.160. The van der Waals surface area contributed by atoms with E-state index in [0.717, 1.165) is 52.6 Å². The fourth-order valence-electron chi connectivity index (χ4n) is 2.22. The molecule has 1 N–H and O–H groups in total. The first-order valence-corrected chi connectivity index (χ1v) is 8.81. The molecule has 0 atom stereocenters. The molecule has 0 bridgehead atoms. The molecule has 0 saturated heterocycles. The summed E-state index contributed by atoms with van der Waals surface area (Å²) in [5.41, 5.74) is 0. The lowest BCUT2D eigenvalue weighted by molar-refractivity contribution is 0.0820. The summed E-state index contributed by atoms with van der Waals surface area (Å²) in [6.45, 7) is 16.2. The maximum Gasteiger partial charge on any atom is 0.0593 e. The molecule has 0 aliphatic carbocycles. The van der Waals surface area contributed by atoms with Gasteiger partial charge in [-0.25, -0.2) is 0 Å². The first-order chi connectivity index (χ1) is 10.2. The van der Waals surface area contributed by atoms with Crippen LogP contribution in [0.2, 0.25) is 0 Å². The van der Waals surface area contributed by atoms with Crippen LogP contribution < -0.4 is 5.32 Å². The van der Waals surface area contributed by atoms with E-state index >= 15 is 0 Å². The molecule has 128 valence electrons. The lowest BCUT2D eigenvalue weighted by Gasteiger charge is -2.22. The maximum atomic E-state index is 5.46. The molecular weight excluding hydrogens is 264 g/mol. The summed E-state index contributed by atoms with van der Waals surface area (Å²) in [5.74, 6) is 0. The van der Waals surface area contributed by atoms with Gasteiger partial charge in [0.2, 0.25) is 0 Å². The van der Waals surface area contributed by atoms with Crippen molar-refractivity contribution in [1.82, 2.24) is 10.2 Å². The fourth-order valence-corrected chi connectivity index (χ4v) is 2.22. The number of unbranched alkanes of at least 4 members (excludes halogenated alkanes) is 3. The number of nitrogens with one attached hydrogen (secondary N) is 1. The molecule has 0 heterocycles. The summed E-state index contributed by atoms with van der Waals surface area (Å²) in [4.78, 5) is 2.47. The van der Waals surface area contributed by atoms with E-state index in [9.17, 15) is 0 Å². The van der Waals surface area contributed by atoms with Gasteiger partial charge in [0.15, 0.2) is 0 Å². The molecule has 0 unspecified atom stereocenters. The molecule has 0 amide bonds. The lowest BCUT2D eigenvalue weighted by atomic mass is 10.2. The molecule has 4 nitrogen and oxygen atoms in total. The molecule has 0 rings (SSSR count). The third-order valence-corrected chi connectivity index (χ3v) is 3.47. The van der Waals surface area contributed by atoms with Crippen LogP contribution in [0.5, 0.6) is 0 Å². The second-order valence-corrected chi connectivity index (χ2v) is 5.76. The molecule has 0 aromatic rings. The van der Waals surface area contributed by atoms with Gasteiger partial charge >= 0.3 is 0 Å². The molecule has 21 heavy (non-hydrogen) atoms. The van der Waals surface area contributed by atoms with Gasteiger partial charge in [-0.05, 0) is 39.8 Å². The topological polar surface area (TPSA) is 33.7 Å².